The quantitative estimate of drug-likeness (QED) is 0.237. The number of fused-ring (bicyclic) bond motifs is 5. The number of hydrogen-bond donors (Lipinski definition) is 0. The third-order valence-electron chi connectivity index (χ3n) is 8.21. The van der Waals surface area contributed by atoms with Gasteiger partial charge in [0.25, 0.3) is 0 Å². The topological polar surface area (TPSA) is 30.7 Å². The van der Waals surface area contributed by atoms with Crippen LogP contribution in [0.15, 0.2) is 152 Å². The maximum atomic E-state index is 4.95. The highest BCUT2D eigenvalue weighted by Crippen LogP contribution is 2.57. The summed E-state index contributed by atoms with van der Waals surface area (Å²) >= 11 is 0. The Morgan fingerprint density at radius 1 is 0.550 bits per heavy atom. The summed E-state index contributed by atoms with van der Waals surface area (Å²) in [7, 11) is 0. The van der Waals surface area contributed by atoms with Gasteiger partial charge < -0.3 is 4.57 Å². The van der Waals surface area contributed by atoms with E-state index in [9.17, 15) is 0 Å². The maximum Gasteiger partial charge on any atom is 0.161 e. The fourth-order valence-corrected chi connectivity index (χ4v) is 6.57. The molecule has 1 aliphatic rings. The fourth-order valence-electron chi connectivity index (χ4n) is 6.57. The molecule has 2 heterocycles. The van der Waals surface area contributed by atoms with Crippen LogP contribution in [-0.2, 0) is 5.41 Å². The van der Waals surface area contributed by atoms with E-state index in [-0.39, 0.29) is 0 Å². The van der Waals surface area contributed by atoms with Crippen LogP contribution < -0.4 is 0 Å². The van der Waals surface area contributed by atoms with E-state index in [4.69, 9.17) is 4.98 Å². The number of aromatic nitrogens is 3. The van der Waals surface area contributed by atoms with Crippen molar-refractivity contribution in [3.8, 4) is 28.3 Å². The normalized spacial score (nSPS) is 13.2. The molecule has 8 rings (SSSR count). The highest BCUT2D eigenvalue weighted by molar-refractivity contribution is 6.03. The van der Waals surface area contributed by atoms with Crippen LogP contribution in [-0.4, -0.2) is 14.5 Å². The molecule has 1 aliphatic carbocycles. The summed E-state index contributed by atoms with van der Waals surface area (Å²) in [5, 5.41) is 1.22. The molecule has 5 aromatic carbocycles. The van der Waals surface area contributed by atoms with Crippen molar-refractivity contribution in [2.75, 3.05) is 0 Å². The lowest BCUT2D eigenvalue weighted by atomic mass is 9.67. The van der Waals surface area contributed by atoms with Gasteiger partial charge in [-0.1, -0.05) is 121 Å². The SMILES string of the molecule is c1ccc(-c2nccc(-n3ccc4c5c(ccc43)C(c3ccccc3)(c3ccccc3)c3ccccc3-5)n2)cc1. The van der Waals surface area contributed by atoms with Crippen LogP contribution in [0.25, 0.3) is 39.2 Å². The molecule has 3 heteroatoms. The van der Waals surface area contributed by atoms with Gasteiger partial charge in [-0.05, 0) is 51.6 Å². The zero-order chi connectivity index (χ0) is 26.5. The molecule has 0 radical (unpaired) electrons. The lowest BCUT2D eigenvalue weighted by Gasteiger charge is -2.33. The Morgan fingerprint density at radius 2 is 1.20 bits per heavy atom. The van der Waals surface area contributed by atoms with Crippen molar-refractivity contribution in [3.63, 3.8) is 0 Å². The lowest BCUT2D eigenvalue weighted by Crippen LogP contribution is -2.28. The summed E-state index contributed by atoms with van der Waals surface area (Å²) in [5.74, 6) is 1.58. The van der Waals surface area contributed by atoms with Crippen LogP contribution in [0.2, 0.25) is 0 Å². The van der Waals surface area contributed by atoms with E-state index in [1.807, 2.05) is 42.6 Å². The Labute approximate surface area is 233 Å². The number of hydrogen-bond acceptors (Lipinski definition) is 2. The number of rotatable bonds is 4. The summed E-state index contributed by atoms with van der Waals surface area (Å²) in [6.07, 6.45) is 3.98. The molecule has 0 fully saturated rings. The van der Waals surface area contributed by atoms with Crippen LogP contribution in [0.3, 0.4) is 0 Å². The minimum atomic E-state index is -0.403. The molecule has 3 nitrogen and oxygen atoms in total. The fraction of sp³-hybridized carbons (Fsp3) is 0.0270. The van der Waals surface area contributed by atoms with Crippen LogP contribution in [0.4, 0.5) is 0 Å². The Balaban J connectivity index is 1.40. The van der Waals surface area contributed by atoms with Gasteiger partial charge >= 0.3 is 0 Å². The molecule has 2 aromatic heterocycles. The summed E-state index contributed by atoms with van der Waals surface area (Å²) in [5.41, 5.74) is 9.47. The molecule has 0 aliphatic heterocycles. The molecule has 188 valence electrons. The molecular formula is C37H25N3. The minimum Gasteiger partial charge on any atom is -0.301 e. The van der Waals surface area contributed by atoms with Gasteiger partial charge in [0, 0.05) is 23.3 Å². The van der Waals surface area contributed by atoms with E-state index >= 15 is 0 Å². The molecule has 0 bridgehead atoms. The smallest absolute Gasteiger partial charge is 0.161 e. The van der Waals surface area contributed by atoms with Crippen molar-refractivity contribution < 1.29 is 0 Å². The summed E-state index contributed by atoms with van der Waals surface area (Å²) in [4.78, 5) is 9.50. The first-order valence-corrected chi connectivity index (χ1v) is 13.6. The van der Waals surface area contributed by atoms with Gasteiger partial charge in [-0.25, -0.2) is 9.97 Å². The monoisotopic (exact) mass is 511 g/mol. The molecule has 0 amide bonds. The molecule has 0 saturated heterocycles. The predicted octanol–water partition coefficient (Wildman–Crippen LogP) is 8.45. The van der Waals surface area contributed by atoms with E-state index in [0.717, 1.165) is 22.7 Å². The molecule has 0 N–H and O–H groups in total. The van der Waals surface area contributed by atoms with Crippen molar-refractivity contribution in [2.24, 2.45) is 0 Å². The molecule has 0 spiro atoms. The highest BCUT2D eigenvalue weighted by Gasteiger charge is 2.46. The van der Waals surface area contributed by atoms with Crippen LogP contribution in [0, 0.1) is 0 Å². The average Bonchev–Trinajstić information content (AvgIpc) is 3.60. The standard InChI is InChI=1S/C37H25N3/c1-4-12-26(13-5-1)36-38-24-22-34(39-36)40-25-23-30-33(40)21-20-32-35(30)29-18-10-11-19-31(29)37(32,27-14-6-2-7-15-27)28-16-8-3-9-17-28/h1-25H. The van der Waals surface area contributed by atoms with Gasteiger partial charge in [-0.3, -0.25) is 0 Å². The third-order valence-corrected chi connectivity index (χ3v) is 8.21. The average molecular weight is 512 g/mol. The Bertz CT molecular complexity index is 1950. The van der Waals surface area contributed by atoms with E-state index in [0.29, 0.717) is 0 Å². The second-order valence-corrected chi connectivity index (χ2v) is 10.2. The molecule has 7 aromatic rings. The van der Waals surface area contributed by atoms with Crippen molar-refractivity contribution >= 4 is 10.9 Å². The first-order valence-electron chi connectivity index (χ1n) is 13.6. The summed E-state index contributed by atoms with van der Waals surface area (Å²) in [6, 6.07) is 49.7. The first-order chi connectivity index (χ1) is 19.9. The second-order valence-electron chi connectivity index (χ2n) is 10.2. The Hall–Kier alpha value is -5.28. The van der Waals surface area contributed by atoms with E-state index in [2.05, 4.69) is 119 Å². The van der Waals surface area contributed by atoms with E-state index in [1.54, 1.807) is 0 Å². The zero-order valence-corrected chi connectivity index (χ0v) is 21.8. The van der Waals surface area contributed by atoms with Crippen molar-refractivity contribution in [2.45, 2.75) is 5.41 Å². The molecular weight excluding hydrogens is 486 g/mol. The lowest BCUT2D eigenvalue weighted by molar-refractivity contribution is 0.769. The van der Waals surface area contributed by atoms with Gasteiger partial charge in [-0.2, -0.15) is 0 Å². The molecule has 0 saturated carbocycles. The van der Waals surface area contributed by atoms with Gasteiger partial charge in [0.1, 0.15) is 5.82 Å². The second kappa shape index (κ2) is 8.89. The maximum absolute atomic E-state index is 4.95. The first kappa shape index (κ1) is 22.7. The molecule has 40 heavy (non-hydrogen) atoms. The molecule has 0 unspecified atom stereocenters. The Kier molecular flexibility index (Phi) is 5.04. The minimum absolute atomic E-state index is 0.403. The van der Waals surface area contributed by atoms with Crippen molar-refractivity contribution in [1.82, 2.24) is 14.5 Å². The highest BCUT2D eigenvalue weighted by atomic mass is 15.1. The summed E-state index contributed by atoms with van der Waals surface area (Å²) < 4.78 is 2.18. The van der Waals surface area contributed by atoms with E-state index in [1.165, 1.54) is 38.8 Å². The van der Waals surface area contributed by atoms with Crippen LogP contribution in [0.5, 0.6) is 0 Å². The van der Waals surface area contributed by atoms with Gasteiger partial charge in [0.2, 0.25) is 0 Å². The van der Waals surface area contributed by atoms with Crippen molar-refractivity contribution in [3.05, 3.63) is 174 Å². The van der Waals surface area contributed by atoms with Crippen molar-refractivity contribution in [1.29, 1.82) is 0 Å². The van der Waals surface area contributed by atoms with Gasteiger partial charge in [-0.15, -0.1) is 0 Å². The number of benzene rings is 5. The summed E-state index contributed by atoms with van der Waals surface area (Å²) in [6.45, 7) is 0. The number of nitrogens with zero attached hydrogens (tertiary/aromatic N) is 3. The largest absolute Gasteiger partial charge is 0.301 e. The zero-order valence-electron chi connectivity index (χ0n) is 21.8. The third kappa shape index (κ3) is 3.18. The van der Waals surface area contributed by atoms with Gasteiger partial charge in [0.15, 0.2) is 5.82 Å². The van der Waals surface area contributed by atoms with Gasteiger partial charge in [0.05, 0.1) is 10.9 Å². The molecule has 0 atom stereocenters. The van der Waals surface area contributed by atoms with E-state index < -0.39 is 5.41 Å². The van der Waals surface area contributed by atoms with Crippen LogP contribution >= 0.6 is 0 Å². The Morgan fingerprint density at radius 3 is 1.93 bits per heavy atom. The van der Waals surface area contributed by atoms with Crippen LogP contribution in [0.1, 0.15) is 22.3 Å². The predicted molar refractivity (Wildman–Crippen MR) is 162 cm³/mol.